The Bertz CT molecular complexity index is 3870. The van der Waals surface area contributed by atoms with Crippen molar-refractivity contribution in [3.8, 4) is 82.2 Å². The maximum absolute atomic E-state index is 2.50. The number of hydrogen-bond acceptors (Lipinski definition) is 6. The first-order chi connectivity index (χ1) is 34.5. The van der Waals surface area contributed by atoms with E-state index in [1.165, 1.54) is 142 Å². The van der Waals surface area contributed by atoms with Gasteiger partial charge < -0.3 is 0 Å². The molecular weight excluding hydrogens is 961 g/mol. The molecule has 0 saturated carbocycles. The minimum absolute atomic E-state index is 0.977. The minimum atomic E-state index is 0.977. The molecule has 0 nitrogen and oxygen atoms in total. The summed E-state index contributed by atoms with van der Waals surface area (Å²) in [5, 5.41) is 12.5. The Balaban J connectivity index is 0.935. The average molecular weight is 1010 g/mol. The van der Waals surface area contributed by atoms with Crippen molar-refractivity contribution in [2.45, 2.75) is 66.7 Å². The lowest BCUT2D eigenvalue weighted by Crippen LogP contribution is -1.88. The van der Waals surface area contributed by atoms with E-state index in [0.29, 0.717) is 0 Å². The summed E-state index contributed by atoms with van der Waals surface area (Å²) in [6, 6.07) is 58.1. The van der Waals surface area contributed by atoms with Crippen LogP contribution in [0.3, 0.4) is 0 Å². The van der Waals surface area contributed by atoms with E-state index in [0.717, 1.165) is 32.1 Å². The molecule has 0 saturated heterocycles. The summed E-state index contributed by atoms with van der Waals surface area (Å²) in [5.41, 5.74) is 15.1. The van der Waals surface area contributed by atoms with Crippen LogP contribution in [0.15, 0.2) is 162 Å². The lowest BCUT2D eigenvalue weighted by atomic mass is 9.94. The fourth-order valence-corrected chi connectivity index (χ4v) is 17.6. The largest absolute Gasteiger partial charge is 0.144 e. The van der Waals surface area contributed by atoms with Crippen molar-refractivity contribution in [2.24, 2.45) is 0 Å². The molecular formula is C64H52S6. The highest BCUT2D eigenvalue weighted by Crippen LogP contribution is 2.51. The van der Waals surface area contributed by atoms with Gasteiger partial charge in [0.1, 0.15) is 0 Å². The molecule has 344 valence electrons. The highest BCUT2D eigenvalue weighted by Gasteiger charge is 2.23. The molecule has 0 bridgehead atoms. The Morgan fingerprint density at radius 1 is 0.300 bits per heavy atom. The quantitative estimate of drug-likeness (QED) is 0.108. The maximum atomic E-state index is 2.50. The van der Waals surface area contributed by atoms with Gasteiger partial charge in [0.15, 0.2) is 0 Å². The van der Waals surface area contributed by atoms with Crippen LogP contribution in [-0.4, -0.2) is 0 Å². The van der Waals surface area contributed by atoms with Crippen molar-refractivity contribution in [1.29, 1.82) is 0 Å². The van der Waals surface area contributed by atoms with Crippen LogP contribution in [0, 0.1) is 0 Å². The van der Waals surface area contributed by atoms with Crippen LogP contribution in [0.1, 0.15) is 62.4 Å². The van der Waals surface area contributed by atoms with Gasteiger partial charge in [-0.15, -0.1) is 68.0 Å². The Morgan fingerprint density at radius 3 is 1.14 bits per heavy atom. The van der Waals surface area contributed by atoms with Crippen molar-refractivity contribution in [1.82, 2.24) is 0 Å². The van der Waals surface area contributed by atoms with Crippen LogP contribution < -0.4 is 0 Å². The van der Waals surface area contributed by atoms with E-state index in [-0.39, 0.29) is 0 Å². The predicted octanol–water partition coefficient (Wildman–Crippen LogP) is 21.7. The molecule has 0 amide bonds. The molecule has 0 radical (unpaired) electrons. The molecule has 70 heavy (non-hydrogen) atoms. The average Bonchev–Trinajstić information content (AvgIpc) is 4.28. The molecule has 0 spiro atoms. The second-order valence-corrected chi connectivity index (χ2v) is 24.1. The van der Waals surface area contributed by atoms with Gasteiger partial charge in [0.25, 0.3) is 0 Å². The van der Waals surface area contributed by atoms with Gasteiger partial charge in [-0.3, -0.25) is 0 Å². The first kappa shape index (κ1) is 45.4. The SMILES string of the molecule is CCc1csc(-c2cccc3cccc(-c4sc(-c5cc(CC)c(-c6cccc7cccc(-c8sc(-c9ccc(-c%10cccc%11cccc(-c%12sccc%12CC)c%10%11)s9)cc8CC)c67)s5)cc4CC)c23)c1. The molecule has 0 N–H and O–H groups in total. The summed E-state index contributed by atoms with van der Waals surface area (Å²) < 4.78 is 0. The van der Waals surface area contributed by atoms with Gasteiger partial charge in [-0.1, -0.05) is 144 Å². The second kappa shape index (κ2) is 19.1. The Kier molecular flexibility index (Phi) is 12.4. The molecule has 0 aliphatic rings. The zero-order chi connectivity index (χ0) is 47.5. The van der Waals surface area contributed by atoms with E-state index >= 15 is 0 Å². The summed E-state index contributed by atoms with van der Waals surface area (Å²) in [4.78, 5) is 13.6. The molecule has 12 rings (SSSR count). The summed E-state index contributed by atoms with van der Waals surface area (Å²) in [6.07, 6.45) is 5.04. The van der Waals surface area contributed by atoms with E-state index in [1.807, 2.05) is 68.0 Å². The van der Waals surface area contributed by atoms with Gasteiger partial charge in [0, 0.05) is 82.2 Å². The lowest BCUT2D eigenvalue weighted by molar-refractivity contribution is 1.16. The summed E-state index contributed by atoms with van der Waals surface area (Å²) in [6.45, 7) is 11.5. The normalized spacial score (nSPS) is 11.8. The van der Waals surface area contributed by atoms with Crippen LogP contribution in [0.2, 0.25) is 0 Å². The van der Waals surface area contributed by atoms with E-state index in [9.17, 15) is 0 Å². The first-order valence-electron chi connectivity index (χ1n) is 24.7. The highest BCUT2D eigenvalue weighted by atomic mass is 32.1. The summed E-state index contributed by atoms with van der Waals surface area (Å²) in [5.74, 6) is 0. The zero-order valence-electron chi connectivity index (χ0n) is 40.1. The Morgan fingerprint density at radius 2 is 0.700 bits per heavy atom. The van der Waals surface area contributed by atoms with Crippen molar-refractivity contribution in [2.75, 3.05) is 0 Å². The Labute approximate surface area is 435 Å². The van der Waals surface area contributed by atoms with Gasteiger partial charge in [-0.25, -0.2) is 0 Å². The molecule has 6 aromatic carbocycles. The summed E-state index contributed by atoms with van der Waals surface area (Å²) in [7, 11) is 0. The molecule has 6 aromatic heterocycles. The number of rotatable bonds is 13. The van der Waals surface area contributed by atoms with Gasteiger partial charge >= 0.3 is 0 Å². The van der Waals surface area contributed by atoms with Gasteiger partial charge in [-0.05, 0) is 145 Å². The van der Waals surface area contributed by atoms with Crippen molar-refractivity contribution in [3.63, 3.8) is 0 Å². The van der Waals surface area contributed by atoms with Gasteiger partial charge in [0.2, 0.25) is 0 Å². The van der Waals surface area contributed by atoms with E-state index in [4.69, 9.17) is 0 Å². The van der Waals surface area contributed by atoms with Crippen molar-refractivity contribution in [3.05, 3.63) is 190 Å². The summed E-state index contributed by atoms with van der Waals surface area (Å²) >= 11 is 11.6. The van der Waals surface area contributed by atoms with E-state index < -0.39 is 0 Å². The molecule has 0 atom stereocenters. The second-order valence-electron chi connectivity index (χ2n) is 18.0. The Hall–Kier alpha value is -5.70. The van der Waals surface area contributed by atoms with Crippen LogP contribution in [0.25, 0.3) is 114 Å². The van der Waals surface area contributed by atoms with E-state index in [2.05, 4.69) is 197 Å². The van der Waals surface area contributed by atoms with Crippen LogP contribution in [0.5, 0.6) is 0 Å². The third-order valence-corrected chi connectivity index (χ3v) is 21.2. The monoisotopic (exact) mass is 1010 g/mol. The number of fused-ring (bicyclic) bond motifs is 3. The fraction of sp³-hybridized carbons (Fsp3) is 0.156. The first-order valence-corrected chi connectivity index (χ1v) is 29.7. The minimum Gasteiger partial charge on any atom is -0.144 e. The third kappa shape index (κ3) is 7.89. The smallest absolute Gasteiger partial charge is 0.0452 e. The molecule has 0 fully saturated rings. The predicted molar refractivity (Wildman–Crippen MR) is 317 cm³/mol. The molecule has 0 unspecified atom stereocenters. The number of hydrogen-bond donors (Lipinski definition) is 0. The molecule has 12 aromatic rings. The van der Waals surface area contributed by atoms with Crippen LogP contribution in [0.4, 0.5) is 0 Å². The fourth-order valence-electron chi connectivity index (χ4n) is 10.5. The highest BCUT2D eigenvalue weighted by molar-refractivity contribution is 7.26. The third-order valence-electron chi connectivity index (χ3n) is 14.1. The molecule has 0 aliphatic carbocycles. The molecule has 6 heteroatoms. The zero-order valence-corrected chi connectivity index (χ0v) is 45.0. The topological polar surface area (TPSA) is 0 Å². The number of benzene rings is 6. The van der Waals surface area contributed by atoms with Gasteiger partial charge in [-0.2, -0.15) is 0 Å². The molecule has 6 heterocycles. The van der Waals surface area contributed by atoms with E-state index in [1.54, 1.807) is 0 Å². The van der Waals surface area contributed by atoms with Crippen molar-refractivity contribution < 1.29 is 0 Å². The lowest BCUT2D eigenvalue weighted by Gasteiger charge is -2.12. The maximum Gasteiger partial charge on any atom is 0.0452 e. The molecule has 0 aliphatic heterocycles. The van der Waals surface area contributed by atoms with Crippen LogP contribution >= 0.6 is 68.0 Å². The van der Waals surface area contributed by atoms with Crippen LogP contribution in [-0.2, 0) is 32.1 Å². The number of thiophene rings is 6. The standard InChI is InChI=1S/C64H52S6/c1-6-38-33-54(66-37-38)47-24-12-18-44-20-14-26-49(59(44)47)62-41(9-4)35-56(69-62)57-36-42(10-5)64(70-57)51-28-16-22-45-21-15-27-50(60(45)51)63-40(8-3)34-55(68-63)53-30-29-52(67-53)46-23-11-17-43-19-13-25-48(58(43)46)61-39(7-2)31-32-65-61/h11-37H,6-10H2,1-5H3. The van der Waals surface area contributed by atoms with Gasteiger partial charge in [0.05, 0.1) is 0 Å². The van der Waals surface area contributed by atoms with Crippen molar-refractivity contribution >= 4 is 100 Å². The number of aryl methyl sites for hydroxylation is 5.